The van der Waals surface area contributed by atoms with Crippen molar-refractivity contribution < 1.29 is 17.6 Å². The van der Waals surface area contributed by atoms with Crippen LogP contribution in [0.15, 0.2) is 24.6 Å². The maximum Gasteiger partial charge on any atom is 0.410 e. The number of rotatable bonds is 2. The second-order valence-electron chi connectivity index (χ2n) is 3.15. The summed E-state index contributed by atoms with van der Waals surface area (Å²) in [6.45, 7) is 3.07. The van der Waals surface area contributed by atoms with Crippen LogP contribution in [0.1, 0.15) is 6.42 Å². The lowest BCUT2D eigenvalue weighted by Gasteiger charge is -2.32. The zero-order chi connectivity index (χ0) is 10.8. The largest absolute Gasteiger partial charge is 0.410 e. The lowest BCUT2D eigenvalue weighted by molar-refractivity contribution is -0.176. The molecule has 80 valence electrons. The maximum absolute atomic E-state index is 12.7. The van der Waals surface area contributed by atoms with E-state index in [2.05, 4.69) is 6.58 Å². The van der Waals surface area contributed by atoms with Gasteiger partial charge < -0.3 is 0 Å². The molecule has 0 spiro atoms. The number of hydrogen-bond acceptors (Lipinski definition) is 1. The van der Waals surface area contributed by atoms with Crippen molar-refractivity contribution in [3.05, 3.63) is 24.6 Å². The van der Waals surface area contributed by atoms with Crippen LogP contribution in [0.4, 0.5) is 17.6 Å². The van der Waals surface area contributed by atoms with Gasteiger partial charge in [0.25, 0.3) is 0 Å². The van der Waals surface area contributed by atoms with E-state index >= 15 is 0 Å². The van der Waals surface area contributed by atoms with E-state index in [4.69, 9.17) is 0 Å². The molecule has 0 amide bonds. The van der Waals surface area contributed by atoms with Gasteiger partial charge in [-0.25, -0.2) is 4.39 Å². The van der Waals surface area contributed by atoms with Crippen LogP contribution in [0.3, 0.4) is 0 Å². The van der Waals surface area contributed by atoms with Crippen LogP contribution in [-0.4, -0.2) is 30.2 Å². The molecule has 1 nitrogen and oxygen atoms in total. The Morgan fingerprint density at radius 2 is 2.00 bits per heavy atom. The Morgan fingerprint density at radius 3 is 2.36 bits per heavy atom. The van der Waals surface area contributed by atoms with Gasteiger partial charge in [0.05, 0.1) is 0 Å². The summed E-state index contributed by atoms with van der Waals surface area (Å²) in [5, 5.41) is 0. The second-order valence-corrected chi connectivity index (χ2v) is 3.15. The summed E-state index contributed by atoms with van der Waals surface area (Å²) in [6, 6.07) is -2.16. The monoisotopic (exact) mass is 209 g/mol. The first kappa shape index (κ1) is 11.2. The molecule has 0 saturated carbocycles. The van der Waals surface area contributed by atoms with Crippen LogP contribution in [-0.2, 0) is 0 Å². The predicted octanol–water partition coefficient (Wildman–Crippen LogP) is 2.66. The number of hydrogen-bond donors (Lipinski definition) is 0. The van der Waals surface area contributed by atoms with E-state index in [1.165, 1.54) is 0 Å². The summed E-state index contributed by atoms with van der Waals surface area (Å²) in [5.74, 6) is -1.34. The fourth-order valence-electron chi connectivity index (χ4n) is 1.48. The number of alkyl halides is 3. The van der Waals surface area contributed by atoms with E-state index in [0.29, 0.717) is 6.42 Å². The zero-order valence-electron chi connectivity index (χ0n) is 7.52. The second kappa shape index (κ2) is 4.13. The lowest BCUT2D eigenvalue weighted by atomic mass is 10.1. The van der Waals surface area contributed by atoms with Crippen LogP contribution >= 0.6 is 0 Å². The van der Waals surface area contributed by atoms with E-state index < -0.39 is 18.0 Å². The Kier molecular flexibility index (Phi) is 3.31. The van der Waals surface area contributed by atoms with Crippen molar-refractivity contribution in [2.24, 2.45) is 0 Å². The SMILES string of the molecule is C=C(F)C(N1CC=CCC1)C(F)(F)F. The van der Waals surface area contributed by atoms with E-state index in [1.54, 1.807) is 12.2 Å². The number of nitrogens with zero attached hydrogens (tertiary/aromatic N) is 1. The molecule has 0 aromatic rings. The van der Waals surface area contributed by atoms with Crippen molar-refractivity contribution in [3.63, 3.8) is 0 Å². The van der Waals surface area contributed by atoms with Gasteiger partial charge in [0, 0.05) is 13.1 Å². The minimum absolute atomic E-state index is 0.118. The highest BCUT2D eigenvalue weighted by atomic mass is 19.4. The zero-order valence-corrected chi connectivity index (χ0v) is 7.52. The smallest absolute Gasteiger partial charge is 0.283 e. The van der Waals surface area contributed by atoms with Crippen LogP contribution in [0.2, 0.25) is 0 Å². The fraction of sp³-hybridized carbons (Fsp3) is 0.556. The topological polar surface area (TPSA) is 3.24 Å². The molecule has 1 aliphatic heterocycles. The minimum Gasteiger partial charge on any atom is -0.283 e. The Hall–Kier alpha value is -0.840. The minimum atomic E-state index is -4.59. The average Bonchev–Trinajstić information content (AvgIpc) is 2.02. The molecule has 0 aromatic carbocycles. The van der Waals surface area contributed by atoms with Gasteiger partial charge in [0.2, 0.25) is 0 Å². The molecule has 0 bridgehead atoms. The normalized spacial score (nSPS) is 20.9. The van der Waals surface area contributed by atoms with Crippen LogP contribution < -0.4 is 0 Å². The van der Waals surface area contributed by atoms with Gasteiger partial charge in [0.1, 0.15) is 5.83 Å². The van der Waals surface area contributed by atoms with Gasteiger partial charge in [-0.15, -0.1) is 0 Å². The standard InChI is InChI=1S/C9H11F4N/c1-7(10)8(9(11,12)13)14-5-3-2-4-6-14/h2-3,8H,1,4-6H2. The average molecular weight is 209 g/mol. The predicted molar refractivity (Wildman–Crippen MR) is 45.4 cm³/mol. The van der Waals surface area contributed by atoms with Crippen LogP contribution in [0.5, 0.6) is 0 Å². The molecule has 1 atom stereocenters. The molecule has 0 fully saturated rings. The molecule has 14 heavy (non-hydrogen) atoms. The van der Waals surface area contributed by atoms with E-state index in [1.807, 2.05) is 0 Å². The maximum atomic E-state index is 12.7. The van der Waals surface area contributed by atoms with Crippen molar-refractivity contribution in [2.75, 3.05) is 13.1 Å². The van der Waals surface area contributed by atoms with E-state index in [-0.39, 0.29) is 13.1 Å². The van der Waals surface area contributed by atoms with Crippen molar-refractivity contribution in [1.82, 2.24) is 4.90 Å². The third-order valence-corrected chi connectivity index (χ3v) is 2.06. The molecular weight excluding hydrogens is 198 g/mol. The first-order chi connectivity index (χ1) is 6.43. The molecule has 0 saturated heterocycles. The third kappa shape index (κ3) is 2.57. The number of halogens is 4. The third-order valence-electron chi connectivity index (χ3n) is 2.06. The highest BCUT2D eigenvalue weighted by molar-refractivity contribution is 5.05. The molecule has 1 rings (SSSR count). The van der Waals surface area contributed by atoms with Gasteiger partial charge in [-0.2, -0.15) is 13.2 Å². The van der Waals surface area contributed by atoms with Gasteiger partial charge in [0.15, 0.2) is 6.04 Å². The molecule has 1 heterocycles. The van der Waals surface area contributed by atoms with Crippen molar-refractivity contribution in [1.29, 1.82) is 0 Å². The Balaban J connectivity index is 2.77. The summed E-state index contributed by atoms with van der Waals surface area (Å²) in [6.07, 6.45) is -0.688. The van der Waals surface area contributed by atoms with E-state index in [0.717, 1.165) is 4.90 Å². The van der Waals surface area contributed by atoms with Gasteiger partial charge >= 0.3 is 6.18 Å². The summed E-state index contributed by atoms with van der Waals surface area (Å²) < 4.78 is 49.8. The summed E-state index contributed by atoms with van der Waals surface area (Å²) >= 11 is 0. The van der Waals surface area contributed by atoms with Gasteiger partial charge in [-0.1, -0.05) is 18.7 Å². The Morgan fingerprint density at radius 1 is 1.36 bits per heavy atom. The summed E-state index contributed by atoms with van der Waals surface area (Å²) in [4.78, 5) is 1.03. The summed E-state index contributed by atoms with van der Waals surface area (Å²) in [5.41, 5.74) is 0. The Bertz CT molecular complexity index is 244. The molecule has 1 unspecified atom stereocenters. The summed E-state index contributed by atoms with van der Waals surface area (Å²) in [7, 11) is 0. The molecule has 0 radical (unpaired) electrons. The molecule has 0 N–H and O–H groups in total. The quantitative estimate of drug-likeness (QED) is 0.499. The Labute approximate surface area is 79.7 Å². The van der Waals surface area contributed by atoms with Crippen LogP contribution in [0, 0.1) is 0 Å². The van der Waals surface area contributed by atoms with E-state index in [9.17, 15) is 17.6 Å². The highest BCUT2D eigenvalue weighted by Gasteiger charge is 2.45. The fourth-order valence-corrected chi connectivity index (χ4v) is 1.48. The molecule has 0 aliphatic carbocycles. The molecule has 0 aromatic heterocycles. The molecule has 5 heteroatoms. The molecular formula is C9H11F4N. The lowest BCUT2D eigenvalue weighted by Crippen LogP contribution is -2.47. The van der Waals surface area contributed by atoms with Gasteiger partial charge in [-0.3, -0.25) is 4.90 Å². The van der Waals surface area contributed by atoms with Crippen molar-refractivity contribution in [2.45, 2.75) is 18.6 Å². The molecule has 1 aliphatic rings. The highest BCUT2D eigenvalue weighted by Crippen LogP contribution is 2.30. The first-order valence-corrected chi connectivity index (χ1v) is 4.23. The van der Waals surface area contributed by atoms with Crippen molar-refractivity contribution in [3.8, 4) is 0 Å². The van der Waals surface area contributed by atoms with Crippen LogP contribution in [0.25, 0.3) is 0 Å². The first-order valence-electron chi connectivity index (χ1n) is 4.23. The van der Waals surface area contributed by atoms with Crippen molar-refractivity contribution >= 4 is 0 Å². The van der Waals surface area contributed by atoms with Gasteiger partial charge in [-0.05, 0) is 6.42 Å².